The summed E-state index contributed by atoms with van der Waals surface area (Å²) in [6, 6.07) is 25.7. The normalized spacial score (nSPS) is 10.2. The van der Waals surface area contributed by atoms with Crippen LogP contribution in [-0.4, -0.2) is 18.5 Å². The van der Waals surface area contributed by atoms with Crippen LogP contribution in [0.25, 0.3) is 11.1 Å². The molecule has 5 heteroatoms. The monoisotopic (exact) mass is 388 g/mol. The summed E-state index contributed by atoms with van der Waals surface area (Å²) in [5.74, 6) is -0.275. The highest BCUT2D eigenvalue weighted by atomic mass is 16.5. The van der Waals surface area contributed by atoms with E-state index in [4.69, 9.17) is 4.74 Å². The first kappa shape index (κ1) is 20.1. The third-order valence-corrected chi connectivity index (χ3v) is 4.37. The van der Waals surface area contributed by atoms with Crippen LogP contribution in [0.3, 0.4) is 0 Å². The Kier molecular flexibility index (Phi) is 7.00. The minimum absolute atomic E-state index is 0.134. The Morgan fingerprint density at radius 1 is 0.793 bits per heavy atom. The van der Waals surface area contributed by atoms with Gasteiger partial charge in [0.1, 0.15) is 13.2 Å². The van der Waals surface area contributed by atoms with Crippen molar-refractivity contribution < 1.29 is 14.3 Å². The van der Waals surface area contributed by atoms with Crippen molar-refractivity contribution in [3.05, 3.63) is 95.6 Å². The number of carbonyl (C=O) groups is 2. The molecule has 0 bridgehead atoms. The van der Waals surface area contributed by atoms with Crippen LogP contribution >= 0.6 is 0 Å². The molecule has 0 saturated carbocycles. The van der Waals surface area contributed by atoms with Gasteiger partial charge in [0.25, 0.3) is 0 Å². The van der Waals surface area contributed by atoms with Gasteiger partial charge in [-0.15, -0.1) is 0 Å². The molecule has 0 aliphatic rings. The van der Waals surface area contributed by atoms with Crippen LogP contribution in [0, 0.1) is 6.92 Å². The lowest BCUT2D eigenvalue weighted by molar-refractivity contribution is -0.120. The fourth-order valence-corrected chi connectivity index (χ4v) is 2.88. The van der Waals surface area contributed by atoms with E-state index >= 15 is 0 Å². The van der Waals surface area contributed by atoms with E-state index in [1.54, 1.807) is 0 Å². The van der Waals surface area contributed by atoms with Crippen LogP contribution in [-0.2, 0) is 22.7 Å². The van der Waals surface area contributed by atoms with Gasteiger partial charge in [0.2, 0.25) is 5.91 Å². The molecular weight excluding hydrogens is 364 g/mol. The summed E-state index contributed by atoms with van der Waals surface area (Å²) >= 11 is 0. The Labute approximate surface area is 170 Å². The van der Waals surface area contributed by atoms with Crippen molar-refractivity contribution in [1.82, 2.24) is 10.6 Å². The topological polar surface area (TPSA) is 67.4 Å². The van der Waals surface area contributed by atoms with Gasteiger partial charge in [0.15, 0.2) is 0 Å². The molecule has 0 saturated heterocycles. The highest BCUT2D eigenvalue weighted by molar-refractivity contribution is 5.82. The van der Waals surface area contributed by atoms with E-state index in [9.17, 15) is 9.59 Å². The van der Waals surface area contributed by atoms with Crippen LogP contribution < -0.4 is 10.6 Å². The zero-order valence-corrected chi connectivity index (χ0v) is 16.4. The van der Waals surface area contributed by atoms with Gasteiger partial charge >= 0.3 is 6.09 Å². The Hall–Kier alpha value is -3.60. The molecule has 0 aliphatic carbocycles. The molecule has 5 nitrogen and oxygen atoms in total. The van der Waals surface area contributed by atoms with E-state index in [0.717, 1.165) is 22.3 Å². The summed E-state index contributed by atoms with van der Waals surface area (Å²) in [5, 5.41) is 5.27. The average Bonchev–Trinajstić information content (AvgIpc) is 2.76. The van der Waals surface area contributed by atoms with Crippen molar-refractivity contribution in [2.75, 3.05) is 6.54 Å². The third-order valence-electron chi connectivity index (χ3n) is 4.37. The van der Waals surface area contributed by atoms with Crippen LogP contribution in [0.1, 0.15) is 16.7 Å². The number of alkyl carbamates (subject to hydrolysis) is 1. The molecule has 0 aromatic heterocycles. The molecule has 2 amide bonds. The lowest BCUT2D eigenvalue weighted by Gasteiger charge is -2.09. The third kappa shape index (κ3) is 6.50. The first-order valence-electron chi connectivity index (χ1n) is 9.47. The molecule has 0 atom stereocenters. The number of nitrogens with one attached hydrogen (secondary N) is 2. The van der Waals surface area contributed by atoms with Gasteiger partial charge in [0.05, 0.1) is 0 Å². The molecule has 148 valence electrons. The summed E-state index contributed by atoms with van der Waals surface area (Å²) in [6.45, 7) is 2.48. The Bertz CT molecular complexity index is 971. The quantitative estimate of drug-likeness (QED) is 0.637. The molecule has 0 aliphatic heterocycles. The highest BCUT2D eigenvalue weighted by Gasteiger charge is 2.07. The number of ether oxygens (including phenoxy) is 1. The lowest BCUT2D eigenvalue weighted by atomic mass is 10.0. The molecular formula is C24H24N2O3. The average molecular weight is 388 g/mol. The molecule has 0 heterocycles. The second kappa shape index (κ2) is 10.1. The molecule has 0 fully saturated rings. The summed E-state index contributed by atoms with van der Waals surface area (Å²) in [6.07, 6.45) is -0.620. The minimum Gasteiger partial charge on any atom is -0.445 e. The number of benzene rings is 3. The zero-order chi connectivity index (χ0) is 20.5. The summed E-state index contributed by atoms with van der Waals surface area (Å²) in [5.41, 5.74) is 5.32. The van der Waals surface area contributed by atoms with E-state index in [1.165, 1.54) is 5.56 Å². The van der Waals surface area contributed by atoms with E-state index in [2.05, 4.69) is 41.8 Å². The maximum atomic E-state index is 12.0. The Morgan fingerprint density at radius 3 is 2.24 bits per heavy atom. The molecule has 0 radical (unpaired) electrons. The number of hydrogen-bond acceptors (Lipinski definition) is 3. The number of carbonyl (C=O) groups excluding carboxylic acids is 2. The second-order valence-corrected chi connectivity index (χ2v) is 6.76. The van der Waals surface area contributed by atoms with Gasteiger partial charge < -0.3 is 15.4 Å². The number of amides is 2. The molecule has 2 N–H and O–H groups in total. The Morgan fingerprint density at radius 2 is 1.48 bits per heavy atom. The first-order chi connectivity index (χ1) is 14.1. The highest BCUT2D eigenvalue weighted by Crippen LogP contribution is 2.21. The van der Waals surface area contributed by atoms with Crippen molar-refractivity contribution >= 4 is 12.0 Å². The largest absolute Gasteiger partial charge is 0.445 e. The summed E-state index contributed by atoms with van der Waals surface area (Å²) in [4.78, 5) is 23.7. The van der Waals surface area contributed by atoms with Gasteiger partial charge in [-0.05, 0) is 35.2 Å². The molecule has 3 aromatic carbocycles. The maximum absolute atomic E-state index is 12.0. The van der Waals surface area contributed by atoms with Crippen molar-refractivity contribution in [3.8, 4) is 11.1 Å². The van der Waals surface area contributed by atoms with Crippen molar-refractivity contribution in [1.29, 1.82) is 0 Å². The van der Waals surface area contributed by atoms with E-state index in [1.807, 2.05) is 54.6 Å². The predicted molar refractivity (Wildman–Crippen MR) is 113 cm³/mol. The minimum atomic E-state index is -0.620. The lowest BCUT2D eigenvalue weighted by Crippen LogP contribution is -2.36. The first-order valence-corrected chi connectivity index (χ1v) is 9.47. The fourth-order valence-electron chi connectivity index (χ4n) is 2.88. The fraction of sp³-hybridized carbons (Fsp3) is 0.167. The summed E-state index contributed by atoms with van der Waals surface area (Å²) in [7, 11) is 0. The number of hydrogen-bond donors (Lipinski definition) is 2. The van der Waals surface area contributed by atoms with Gasteiger partial charge in [0, 0.05) is 6.54 Å². The molecule has 3 rings (SSSR count). The predicted octanol–water partition coefficient (Wildman–Crippen LogP) is 4.20. The molecule has 0 unspecified atom stereocenters. The van der Waals surface area contributed by atoms with Crippen molar-refractivity contribution in [2.24, 2.45) is 0 Å². The van der Waals surface area contributed by atoms with Crippen LogP contribution in [0.15, 0.2) is 78.9 Å². The Balaban J connectivity index is 1.43. The zero-order valence-electron chi connectivity index (χ0n) is 16.4. The molecule has 0 spiro atoms. The van der Waals surface area contributed by atoms with Gasteiger partial charge in [-0.25, -0.2) is 4.79 Å². The van der Waals surface area contributed by atoms with Crippen molar-refractivity contribution in [2.45, 2.75) is 20.1 Å². The van der Waals surface area contributed by atoms with Crippen LogP contribution in [0.2, 0.25) is 0 Å². The maximum Gasteiger partial charge on any atom is 0.407 e. The van der Waals surface area contributed by atoms with Crippen LogP contribution in [0.5, 0.6) is 0 Å². The van der Waals surface area contributed by atoms with E-state index in [0.29, 0.717) is 6.54 Å². The molecule has 29 heavy (non-hydrogen) atoms. The SMILES string of the molecule is Cc1cccc(-c2cccc(CNC(=O)CNC(=O)OCc3ccccc3)c2)c1. The summed E-state index contributed by atoms with van der Waals surface area (Å²) < 4.78 is 5.09. The van der Waals surface area contributed by atoms with Gasteiger partial charge in [-0.3, -0.25) is 4.79 Å². The van der Waals surface area contributed by atoms with E-state index in [-0.39, 0.29) is 19.1 Å². The van der Waals surface area contributed by atoms with E-state index < -0.39 is 6.09 Å². The number of rotatable bonds is 7. The second-order valence-electron chi connectivity index (χ2n) is 6.76. The van der Waals surface area contributed by atoms with Gasteiger partial charge in [-0.1, -0.05) is 78.4 Å². The number of aryl methyl sites for hydroxylation is 1. The molecule has 3 aromatic rings. The standard InChI is InChI=1S/C24H24N2O3/c1-18-7-5-11-21(13-18)22-12-6-10-20(14-22)15-25-23(27)16-26-24(28)29-17-19-8-3-2-4-9-19/h2-14H,15-17H2,1H3,(H,25,27)(H,26,28). The van der Waals surface area contributed by atoms with Crippen molar-refractivity contribution in [3.63, 3.8) is 0 Å². The smallest absolute Gasteiger partial charge is 0.407 e. The van der Waals surface area contributed by atoms with Gasteiger partial charge in [-0.2, -0.15) is 0 Å². The van der Waals surface area contributed by atoms with Crippen LogP contribution in [0.4, 0.5) is 4.79 Å².